The Morgan fingerprint density at radius 2 is 0.979 bits per heavy atom. The Balaban J connectivity index is 1.23. The van der Waals surface area contributed by atoms with Crippen molar-refractivity contribution in [2.75, 3.05) is 0 Å². The van der Waals surface area contributed by atoms with Gasteiger partial charge in [0.15, 0.2) is 17.5 Å². The highest BCUT2D eigenvalue weighted by Crippen LogP contribution is 2.45. The third-order valence-corrected chi connectivity index (χ3v) is 11.9. The average Bonchev–Trinajstić information content (AvgIpc) is 3.84. The molecule has 4 heterocycles. The molecule has 0 fully saturated rings. The van der Waals surface area contributed by atoms with E-state index in [2.05, 4.69) is 109 Å². The summed E-state index contributed by atoms with van der Waals surface area (Å²) in [5.74, 6) is 1.98. The molecule has 10 rings (SSSR count). The summed E-state index contributed by atoms with van der Waals surface area (Å²) >= 11 is 5.33. The zero-order valence-electron chi connectivity index (χ0n) is 24.7. The molecule has 10 aromatic rings. The molecular weight excluding hydrogens is 633 g/mol. The monoisotopic (exact) mass is 654 g/mol. The lowest BCUT2D eigenvalue weighted by Crippen LogP contribution is -2.00. The van der Waals surface area contributed by atoms with E-state index in [0.29, 0.717) is 17.5 Å². The molecule has 220 valence electrons. The number of rotatable bonds is 4. The number of aromatic nitrogens is 4. The van der Waals surface area contributed by atoms with Gasteiger partial charge in [-0.25, -0.2) is 19.9 Å². The minimum Gasteiger partial charge on any atom is -0.236 e. The van der Waals surface area contributed by atoms with Crippen LogP contribution in [0.4, 0.5) is 0 Å². The molecule has 47 heavy (non-hydrogen) atoms. The first-order valence-electron chi connectivity index (χ1n) is 15.3. The quantitative estimate of drug-likeness (QED) is 0.189. The molecule has 0 aliphatic heterocycles. The first-order chi connectivity index (χ1) is 23.3. The predicted molar refractivity (Wildman–Crippen MR) is 201 cm³/mol. The van der Waals surface area contributed by atoms with Crippen LogP contribution in [-0.2, 0) is 0 Å². The number of nitrogens with zero attached hydrogens (tertiary/aromatic N) is 4. The SMILES string of the molecule is c1ccc(-c2nc(-c3ccc4c(c3)sc3ccccc34)nc(-c3cccc4sc5cccc(-c6nc7ccccc7s6)c5c34)n2)cc1. The molecule has 6 aromatic carbocycles. The highest BCUT2D eigenvalue weighted by atomic mass is 32.1. The molecule has 0 saturated carbocycles. The molecule has 0 aliphatic rings. The van der Waals surface area contributed by atoms with Crippen LogP contribution in [0.2, 0.25) is 0 Å². The molecule has 7 heteroatoms. The fourth-order valence-corrected chi connectivity index (χ4v) is 9.73. The van der Waals surface area contributed by atoms with Gasteiger partial charge in [0, 0.05) is 62.6 Å². The van der Waals surface area contributed by atoms with Crippen LogP contribution in [0.25, 0.3) is 95.3 Å². The van der Waals surface area contributed by atoms with Crippen LogP contribution in [0, 0.1) is 0 Å². The first-order valence-corrected chi connectivity index (χ1v) is 17.8. The highest BCUT2D eigenvalue weighted by molar-refractivity contribution is 7.26. The molecule has 0 N–H and O–H groups in total. The number of hydrogen-bond acceptors (Lipinski definition) is 7. The number of thiophene rings is 2. The van der Waals surface area contributed by atoms with Crippen LogP contribution in [-0.4, -0.2) is 19.9 Å². The lowest BCUT2D eigenvalue weighted by molar-refractivity contribution is 1.08. The number of benzene rings is 6. The number of thiazole rings is 1. The smallest absolute Gasteiger partial charge is 0.164 e. The van der Waals surface area contributed by atoms with Gasteiger partial charge in [-0.05, 0) is 36.4 Å². The summed E-state index contributed by atoms with van der Waals surface area (Å²) in [6, 6.07) is 46.7. The molecular formula is C40H22N4S3. The van der Waals surface area contributed by atoms with E-state index in [1.807, 2.05) is 24.3 Å². The van der Waals surface area contributed by atoms with Gasteiger partial charge in [0.1, 0.15) is 5.01 Å². The van der Waals surface area contributed by atoms with Crippen molar-refractivity contribution < 1.29 is 0 Å². The lowest BCUT2D eigenvalue weighted by atomic mass is 10.0. The summed E-state index contributed by atoms with van der Waals surface area (Å²) < 4.78 is 6.10. The van der Waals surface area contributed by atoms with E-state index in [4.69, 9.17) is 19.9 Å². The van der Waals surface area contributed by atoms with Crippen LogP contribution in [0.5, 0.6) is 0 Å². The van der Waals surface area contributed by atoms with Gasteiger partial charge in [-0.2, -0.15) is 0 Å². The third-order valence-electron chi connectivity index (χ3n) is 8.59. The molecule has 0 bridgehead atoms. The Morgan fingerprint density at radius 1 is 0.362 bits per heavy atom. The number of hydrogen-bond donors (Lipinski definition) is 0. The molecule has 0 amide bonds. The predicted octanol–water partition coefficient (Wildman–Crippen LogP) is 11.9. The molecule has 4 nitrogen and oxygen atoms in total. The second kappa shape index (κ2) is 10.6. The number of para-hydroxylation sites is 1. The third kappa shape index (κ3) is 4.39. The molecule has 4 aromatic heterocycles. The molecule has 0 aliphatic carbocycles. The van der Waals surface area contributed by atoms with Crippen molar-refractivity contribution in [1.29, 1.82) is 0 Å². The molecule has 0 unspecified atom stereocenters. The summed E-state index contributed by atoms with van der Waals surface area (Å²) in [6.45, 7) is 0. The van der Waals surface area contributed by atoms with Gasteiger partial charge < -0.3 is 0 Å². The van der Waals surface area contributed by atoms with E-state index >= 15 is 0 Å². The van der Waals surface area contributed by atoms with Crippen LogP contribution < -0.4 is 0 Å². The summed E-state index contributed by atoms with van der Waals surface area (Å²) in [5, 5.41) is 5.89. The molecule has 0 radical (unpaired) electrons. The van der Waals surface area contributed by atoms with Crippen LogP contribution in [0.15, 0.2) is 133 Å². The van der Waals surface area contributed by atoms with Crippen molar-refractivity contribution in [2.24, 2.45) is 0 Å². The summed E-state index contributed by atoms with van der Waals surface area (Å²) in [4.78, 5) is 20.5. The first kappa shape index (κ1) is 26.8. The van der Waals surface area contributed by atoms with Crippen molar-refractivity contribution in [2.45, 2.75) is 0 Å². The van der Waals surface area contributed by atoms with Gasteiger partial charge in [0.25, 0.3) is 0 Å². The van der Waals surface area contributed by atoms with Crippen molar-refractivity contribution in [3.8, 4) is 44.7 Å². The lowest BCUT2D eigenvalue weighted by Gasteiger charge is -2.10. The zero-order chi connectivity index (χ0) is 30.9. The molecule has 0 saturated heterocycles. The summed E-state index contributed by atoms with van der Waals surface area (Å²) in [6.07, 6.45) is 0. The maximum Gasteiger partial charge on any atom is 0.164 e. The molecule has 0 atom stereocenters. The summed E-state index contributed by atoms with van der Waals surface area (Å²) in [7, 11) is 0. The van der Waals surface area contributed by atoms with Gasteiger partial charge in [0.2, 0.25) is 0 Å². The van der Waals surface area contributed by atoms with E-state index in [9.17, 15) is 0 Å². The van der Waals surface area contributed by atoms with Crippen LogP contribution in [0.3, 0.4) is 0 Å². The largest absolute Gasteiger partial charge is 0.236 e. The second-order valence-electron chi connectivity index (χ2n) is 11.4. The Kier molecular flexibility index (Phi) is 6.05. The summed E-state index contributed by atoms with van der Waals surface area (Å²) in [5.41, 5.74) is 5.08. The minimum atomic E-state index is 0.657. The van der Waals surface area contributed by atoms with Gasteiger partial charge in [0.05, 0.1) is 10.2 Å². The van der Waals surface area contributed by atoms with E-state index < -0.39 is 0 Å². The molecule has 0 spiro atoms. The van der Waals surface area contributed by atoms with Gasteiger partial charge in [-0.1, -0.05) is 97.1 Å². The highest BCUT2D eigenvalue weighted by Gasteiger charge is 2.20. The van der Waals surface area contributed by atoms with Crippen molar-refractivity contribution in [3.63, 3.8) is 0 Å². The van der Waals surface area contributed by atoms with Gasteiger partial charge in [-0.15, -0.1) is 34.0 Å². The van der Waals surface area contributed by atoms with Gasteiger partial charge in [-0.3, -0.25) is 0 Å². The number of fused-ring (bicyclic) bond motifs is 7. The Morgan fingerprint density at radius 3 is 1.81 bits per heavy atom. The Hall–Kier alpha value is -5.34. The van der Waals surface area contributed by atoms with E-state index in [0.717, 1.165) is 38.2 Å². The van der Waals surface area contributed by atoms with Crippen molar-refractivity contribution in [1.82, 2.24) is 19.9 Å². The zero-order valence-corrected chi connectivity index (χ0v) is 27.2. The minimum absolute atomic E-state index is 0.657. The van der Waals surface area contributed by atoms with Crippen LogP contribution in [0.1, 0.15) is 0 Å². The van der Waals surface area contributed by atoms with E-state index in [1.165, 1.54) is 39.7 Å². The fourth-order valence-electron chi connectivity index (χ4n) is 6.43. The van der Waals surface area contributed by atoms with Gasteiger partial charge >= 0.3 is 0 Å². The maximum atomic E-state index is 5.21. The topological polar surface area (TPSA) is 51.6 Å². The Bertz CT molecular complexity index is 2780. The van der Waals surface area contributed by atoms with E-state index in [1.54, 1.807) is 34.0 Å². The Labute approximate surface area is 281 Å². The van der Waals surface area contributed by atoms with E-state index in [-0.39, 0.29) is 0 Å². The normalized spacial score (nSPS) is 11.8. The van der Waals surface area contributed by atoms with Crippen molar-refractivity contribution in [3.05, 3.63) is 133 Å². The van der Waals surface area contributed by atoms with Crippen molar-refractivity contribution >= 4 is 84.6 Å². The fraction of sp³-hybridized carbons (Fsp3) is 0. The standard InChI is InChI=1S/C40H22N4S3/c1-2-10-23(11-3-1)37-42-38(24-20-21-26-25-12-4-6-16-30(25)45-34(26)22-24)44-39(43-37)27-13-8-18-32-35(27)36-28(14-9-19-33(36)46-32)40-41-29-15-5-7-17-31(29)47-40/h1-22H. The average molecular weight is 655 g/mol. The maximum absolute atomic E-state index is 5.21. The second-order valence-corrected chi connectivity index (χ2v) is 14.6. The van der Waals surface area contributed by atoms with Crippen LogP contribution >= 0.6 is 34.0 Å².